The van der Waals surface area contributed by atoms with E-state index in [0.29, 0.717) is 0 Å². The van der Waals surface area contributed by atoms with E-state index < -0.39 is 0 Å². The number of hydrogen-bond acceptors (Lipinski definition) is 3. The van der Waals surface area contributed by atoms with E-state index >= 15 is 0 Å². The SMILES string of the molecule is COc1ccc(C[NH+](C)[C@H](C)C(=O)Nc2c(C)nn(C)c2C)cc1. The van der Waals surface area contributed by atoms with Gasteiger partial charge in [-0.1, -0.05) is 0 Å². The minimum atomic E-state index is -0.175. The van der Waals surface area contributed by atoms with Crippen LogP contribution in [0.3, 0.4) is 0 Å². The number of carbonyl (C=O) groups excluding carboxylic acids is 1. The Bertz CT molecular complexity index is 707. The molecule has 1 unspecified atom stereocenters. The Kier molecular flexibility index (Phi) is 5.62. The second-order valence-electron chi connectivity index (χ2n) is 6.25. The molecule has 1 amide bonds. The number of aromatic nitrogens is 2. The summed E-state index contributed by atoms with van der Waals surface area (Å²) in [5.41, 5.74) is 3.78. The van der Waals surface area contributed by atoms with E-state index in [0.717, 1.165) is 34.3 Å². The van der Waals surface area contributed by atoms with Gasteiger partial charge < -0.3 is 15.0 Å². The van der Waals surface area contributed by atoms with Crippen molar-refractivity contribution in [1.82, 2.24) is 9.78 Å². The molecule has 2 N–H and O–H groups in total. The maximum atomic E-state index is 12.6. The Labute approximate surface area is 143 Å². The summed E-state index contributed by atoms with van der Waals surface area (Å²) in [7, 11) is 5.56. The van der Waals surface area contributed by atoms with Crippen molar-refractivity contribution in [3.05, 3.63) is 41.2 Å². The molecule has 1 heterocycles. The van der Waals surface area contributed by atoms with Gasteiger partial charge in [0.15, 0.2) is 6.04 Å². The molecule has 1 aromatic carbocycles. The van der Waals surface area contributed by atoms with Crippen molar-refractivity contribution in [3.63, 3.8) is 0 Å². The van der Waals surface area contributed by atoms with Crippen molar-refractivity contribution in [2.24, 2.45) is 7.05 Å². The number of amides is 1. The Balaban J connectivity index is 2.01. The number of quaternary nitrogens is 1. The fraction of sp³-hybridized carbons (Fsp3) is 0.444. The maximum absolute atomic E-state index is 12.6. The highest BCUT2D eigenvalue weighted by atomic mass is 16.5. The lowest BCUT2D eigenvalue weighted by Gasteiger charge is -2.21. The molecule has 1 aromatic heterocycles. The van der Waals surface area contributed by atoms with Gasteiger partial charge in [0.05, 0.1) is 31.2 Å². The Hall–Kier alpha value is -2.34. The smallest absolute Gasteiger partial charge is 0.282 e. The number of ether oxygens (including phenoxy) is 1. The number of benzene rings is 1. The number of anilines is 1. The van der Waals surface area contributed by atoms with Crippen LogP contribution in [0, 0.1) is 13.8 Å². The van der Waals surface area contributed by atoms with Crippen LogP contribution in [0.25, 0.3) is 0 Å². The van der Waals surface area contributed by atoms with Gasteiger partial charge in [0.25, 0.3) is 5.91 Å². The summed E-state index contributed by atoms with van der Waals surface area (Å²) in [6.07, 6.45) is 0. The maximum Gasteiger partial charge on any atom is 0.282 e. The number of hydrogen-bond donors (Lipinski definition) is 2. The number of nitrogens with zero attached hydrogens (tertiary/aromatic N) is 2. The second-order valence-corrected chi connectivity index (χ2v) is 6.25. The van der Waals surface area contributed by atoms with Crippen LogP contribution in [-0.4, -0.2) is 35.9 Å². The molecule has 0 fully saturated rings. The van der Waals surface area contributed by atoms with Crippen LogP contribution >= 0.6 is 0 Å². The van der Waals surface area contributed by atoms with Crippen molar-refractivity contribution in [2.45, 2.75) is 33.4 Å². The second kappa shape index (κ2) is 7.49. The van der Waals surface area contributed by atoms with Gasteiger partial charge in [-0.05, 0) is 45.0 Å². The number of nitrogens with one attached hydrogen (secondary N) is 2. The first-order chi connectivity index (χ1) is 11.3. The fourth-order valence-corrected chi connectivity index (χ4v) is 2.63. The average molecular weight is 331 g/mol. The van der Waals surface area contributed by atoms with Crippen molar-refractivity contribution in [1.29, 1.82) is 0 Å². The van der Waals surface area contributed by atoms with E-state index in [4.69, 9.17) is 4.74 Å². The van der Waals surface area contributed by atoms with Gasteiger partial charge >= 0.3 is 0 Å². The normalized spacial score (nSPS) is 13.4. The first-order valence-electron chi connectivity index (χ1n) is 8.09. The van der Waals surface area contributed by atoms with E-state index in [-0.39, 0.29) is 11.9 Å². The molecule has 2 rings (SSSR count). The van der Waals surface area contributed by atoms with Gasteiger partial charge in [0.1, 0.15) is 12.3 Å². The third-order valence-electron chi connectivity index (χ3n) is 4.53. The minimum absolute atomic E-state index is 0.000196. The molecule has 0 saturated carbocycles. The number of rotatable bonds is 6. The molecule has 0 spiro atoms. The van der Waals surface area contributed by atoms with E-state index in [1.54, 1.807) is 11.8 Å². The molecule has 130 valence electrons. The van der Waals surface area contributed by atoms with Crippen LogP contribution in [0.15, 0.2) is 24.3 Å². The molecule has 6 heteroatoms. The highest BCUT2D eigenvalue weighted by molar-refractivity contribution is 5.94. The first-order valence-corrected chi connectivity index (χ1v) is 8.09. The van der Waals surface area contributed by atoms with Crippen LogP contribution in [0.2, 0.25) is 0 Å². The molecule has 2 atom stereocenters. The summed E-state index contributed by atoms with van der Waals surface area (Å²) in [4.78, 5) is 13.7. The summed E-state index contributed by atoms with van der Waals surface area (Å²) >= 11 is 0. The predicted molar refractivity (Wildman–Crippen MR) is 94.4 cm³/mol. The fourth-order valence-electron chi connectivity index (χ4n) is 2.63. The molecule has 0 saturated heterocycles. The van der Waals surface area contributed by atoms with Crippen LogP contribution in [0.1, 0.15) is 23.9 Å². The lowest BCUT2D eigenvalue weighted by Crippen LogP contribution is -3.12. The van der Waals surface area contributed by atoms with Crippen LogP contribution in [-0.2, 0) is 18.4 Å². The van der Waals surface area contributed by atoms with Gasteiger partial charge in [-0.2, -0.15) is 5.10 Å². The predicted octanol–water partition coefficient (Wildman–Crippen LogP) is 1.09. The zero-order chi connectivity index (χ0) is 17.9. The lowest BCUT2D eigenvalue weighted by molar-refractivity contribution is -0.907. The van der Waals surface area contributed by atoms with Crippen LogP contribution in [0.4, 0.5) is 5.69 Å². The topological polar surface area (TPSA) is 60.6 Å². The highest BCUT2D eigenvalue weighted by Crippen LogP contribution is 2.18. The van der Waals surface area contributed by atoms with E-state index in [1.165, 1.54) is 5.56 Å². The van der Waals surface area contributed by atoms with Gasteiger partial charge in [-0.15, -0.1) is 0 Å². The molecule has 6 nitrogen and oxygen atoms in total. The monoisotopic (exact) mass is 331 g/mol. The van der Waals surface area contributed by atoms with Gasteiger partial charge in [0, 0.05) is 12.6 Å². The summed E-state index contributed by atoms with van der Waals surface area (Å²) in [5, 5.41) is 7.36. The molecule has 0 radical (unpaired) electrons. The summed E-state index contributed by atoms with van der Waals surface area (Å²) in [6, 6.07) is 7.77. The molecular formula is C18H27N4O2+. The molecule has 0 aliphatic heterocycles. The molecular weight excluding hydrogens is 304 g/mol. The highest BCUT2D eigenvalue weighted by Gasteiger charge is 2.24. The number of aryl methyl sites for hydroxylation is 2. The molecule has 0 aliphatic rings. The third-order valence-corrected chi connectivity index (χ3v) is 4.53. The number of likely N-dealkylation sites (N-methyl/N-ethyl adjacent to an activating group) is 1. The van der Waals surface area contributed by atoms with E-state index in [2.05, 4.69) is 10.4 Å². The molecule has 2 aromatic rings. The largest absolute Gasteiger partial charge is 0.497 e. The van der Waals surface area contributed by atoms with E-state index in [1.807, 2.05) is 59.1 Å². The Morgan fingerprint density at radius 1 is 1.33 bits per heavy atom. The average Bonchev–Trinajstić information content (AvgIpc) is 2.81. The Morgan fingerprint density at radius 2 is 1.96 bits per heavy atom. The quantitative estimate of drug-likeness (QED) is 0.833. The standard InChI is InChI=1S/C18H26N4O2/c1-12-17(13(2)22(5)20-12)19-18(23)14(3)21(4)11-15-7-9-16(24-6)10-8-15/h7-10,14H,11H2,1-6H3,(H,19,23)/p+1/t14-/m1/s1. The van der Waals surface area contributed by atoms with Crippen molar-refractivity contribution >= 4 is 11.6 Å². The summed E-state index contributed by atoms with van der Waals surface area (Å²) < 4.78 is 6.95. The van der Waals surface area contributed by atoms with Gasteiger partial charge in [-0.3, -0.25) is 9.48 Å². The van der Waals surface area contributed by atoms with Crippen LogP contribution in [0.5, 0.6) is 5.75 Å². The molecule has 24 heavy (non-hydrogen) atoms. The zero-order valence-electron chi connectivity index (χ0n) is 15.3. The summed E-state index contributed by atoms with van der Waals surface area (Å²) in [5.74, 6) is 0.838. The minimum Gasteiger partial charge on any atom is -0.497 e. The van der Waals surface area contributed by atoms with Crippen LogP contribution < -0.4 is 15.0 Å². The van der Waals surface area contributed by atoms with E-state index in [9.17, 15) is 4.79 Å². The van der Waals surface area contributed by atoms with Gasteiger partial charge in [0.2, 0.25) is 0 Å². The lowest BCUT2D eigenvalue weighted by atomic mass is 10.1. The van der Waals surface area contributed by atoms with Crippen molar-refractivity contribution in [3.8, 4) is 5.75 Å². The molecule has 0 aliphatic carbocycles. The number of methoxy groups -OCH3 is 1. The zero-order valence-corrected chi connectivity index (χ0v) is 15.3. The Morgan fingerprint density at radius 3 is 2.46 bits per heavy atom. The molecule has 0 bridgehead atoms. The number of carbonyl (C=O) groups is 1. The third kappa shape index (κ3) is 3.94. The van der Waals surface area contributed by atoms with Gasteiger partial charge in [-0.25, -0.2) is 0 Å². The van der Waals surface area contributed by atoms with Crippen molar-refractivity contribution < 1.29 is 14.4 Å². The first kappa shape index (κ1) is 18.0. The van der Waals surface area contributed by atoms with Crippen molar-refractivity contribution in [2.75, 3.05) is 19.5 Å². The summed E-state index contributed by atoms with van der Waals surface area (Å²) in [6.45, 7) is 6.56.